The number of hydrogen-bond acceptors (Lipinski definition) is 3. The molecule has 0 unspecified atom stereocenters. The van der Waals surface area contributed by atoms with E-state index in [9.17, 15) is 9.59 Å². The minimum Gasteiger partial charge on any atom is -0.481 e. The number of rotatable bonds is 3. The Bertz CT molecular complexity index is 712. The first-order valence-electron chi connectivity index (χ1n) is 6.28. The molecule has 0 radical (unpaired) electrons. The normalized spacial score (nSPS) is 10.6. The molecule has 5 heteroatoms. The van der Waals surface area contributed by atoms with Gasteiger partial charge < -0.3 is 5.11 Å². The maximum atomic E-state index is 11.8. The molecule has 0 bridgehead atoms. The van der Waals surface area contributed by atoms with E-state index in [0.717, 1.165) is 16.8 Å². The van der Waals surface area contributed by atoms with Crippen LogP contribution in [0.25, 0.3) is 5.69 Å². The van der Waals surface area contributed by atoms with E-state index in [1.54, 1.807) is 11.6 Å². The quantitative estimate of drug-likeness (QED) is 0.924. The summed E-state index contributed by atoms with van der Waals surface area (Å²) in [5.41, 5.74) is 3.31. The number of aromatic nitrogens is 2. The smallest absolute Gasteiger partial charge is 0.309 e. The second-order valence-electron chi connectivity index (χ2n) is 4.82. The number of nitrogens with zero attached hydrogens (tertiary/aromatic N) is 2. The Labute approximate surface area is 116 Å². The van der Waals surface area contributed by atoms with E-state index in [-0.39, 0.29) is 17.5 Å². The van der Waals surface area contributed by atoms with Gasteiger partial charge in [0, 0.05) is 11.8 Å². The molecule has 0 aliphatic heterocycles. The van der Waals surface area contributed by atoms with Crippen molar-refractivity contribution in [3.63, 3.8) is 0 Å². The van der Waals surface area contributed by atoms with Gasteiger partial charge in [-0.15, -0.1) is 0 Å². The van der Waals surface area contributed by atoms with Crippen molar-refractivity contribution in [2.45, 2.75) is 27.2 Å². The molecule has 104 valence electrons. The van der Waals surface area contributed by atoms with Crippen molar-refractivity contribution in [1.82, 2.24) is 9.78 Å². The van der Waals surface area contributed by atoms with Crippen molar-refractivity contribution in [2.75, 3.05) is 0 Å². The minimum atomic E-state index is -1.06. The summed E-state index contributed by atoms with van der Waals surface area (Å²) in [6.45, 7) is 5.70. The van der Waals surface area contributed by atoms with Gasteiger partial charge in [-0.3, -0.25) is 9.59 Å². The van der Waals surface area contributed by atoms with Crippen LogP contribution in [0.15, 0.2) is 29.1 Å². The molecule has 2 rings (SSSR count). The summed E-state index contributed by atoms with van der Waals surface area (Å²) in [6.07, 6.45) is -0.371. The standard InChI is InChI=1S/C15H16N2O3/c1-9-5-4-6-10(2)15(9)17-11(3)7-13(18)12(16-17)8-14(19)20/h4-7H,8H2,1-3H3,(H,19,20). The van der Waals surface area contributed by atoms with E-state index < -0.39 is 5.97 Å². The Balaban J connectivity index is 2.68. The third-order valence-electron chi connectivity index (χ3n) is 3.15. The van der Waals surface area contributed by atoms with Gasteiger partial charge in [0.2, 0.25) is 5.43 Å². The van der Waals surface area contributed by atoms with Gasteiger partial charge >= 0.3 is 5.97 Å². The number of benzene rings is 1. The molecule has 0 aliphatic rings. The maximum absolute atomic E-state index is 11.8. The molecule has 0 atom stereocenters. The Morgan fingerprint density at radius 1 is 1.25 bits per heavy atom. The fraction of sp³-hybridized carbons (Fsp3) is 0.267. The number of para-hydroxylation sites is 1. The lowest BCUT2D eigenvalue weighted by molar-refractivity contribution is -0.136. The summed E-state index contributed by atoms with van der Waals surface area (Å²) < 4.78 is 1.64. The summed E-state index contributed by atoms with van der Waals surface area (Å²) >= 11 is 0. The van der Waals surface area contributed by atoms with Crippen LogP contribution in [0.3, 0.4) is 0 Å². The van der Waals surface area contributed by atoms with Crippen LogP contribution < -0.4 is 5.43 Å². The molecule has 0 saturated carbocycles. The molecule has 2 aromatic rings. The highest BCUT2D eigenvalue weighted by molar-refractivity contribution is 5.69. The van der Waals surface area contributed by atoms with Gasteiger partial charge in [0.25, 0.3) is 0 Å². The van der Waals surface area contributed by atoms with Gasteiger partial charge in [0.1, 0.15) is 5.69 Å². The van der Waals surface area contributed by atoms with Crippen LogP contribution in [0.2, 0.25) is 0 Å². The monoisotopic (exact) mass is 272 g/mol. The highest BCUT2D eigenvalue weighted by atomic mass is 16.4. The zero-order valence-corrected chi connectivity index (χ0v) is 11.7. The topological polar surface area (TPSA) is 72.2 Å². The summed E-state index contributed by atoms with van der Waals surface area (Å²) in [5.74, 6) is -1.06. The third kappa shape index (κ3) is 2.61. The van der Waals surface area contributed by atoms with Gasteiger partial charge in [-0.2, -0.15) is 5.10 Å². The molecule has 1 aromatic carbocycles. The second kappa shape index (κ2) is 5.28. The van der Waals surface area contributed by atoms with E-state index in [0.29, 0.717) is 5.69 Å². The lowest BCUT2D eigenvalue weighted by Crippen LogP contribution is -2.22. The minimum absolute atomic E-state index is 0.0470. The van der Waals surface area contributed by atoms with Gasteiger partial charge in [0.15, 0.2) is 0 Å². The fourth-order valence-electron chi connectivity index (χ4n) is 2.21. The number of aryl methyl sites for hydroxylation is 3. The number of aliphatic carboxylic acids is 1. The van der Waals surface area contributed by atoms with Crippen LogP contribution in [0, 0.1) is 20.8 Å². The molecule has 0 saturated heterocycles. The molecule has 1 aromatic heterocycles. The van der Waals surface area contributed by atoms with Crippen molar-refractivity contribution in [1.29, 1.82) is 0 Å². The van der Waals surface area contributed by atoms with Crippen LogP contribution in [-0.4, -0.2) is 20.9 Å². The highest BCUT2D eigenvalue weighted by Crippen LogP contribution is 2.18. The van der Waals surface area contributed by atoms with Crippen molar-refractivity contribution in [3.8, 4) is 5.69 Å². The number of hydrogen-bond donors (Lipinski definition) is 1. The zero-order chi connectivity index (χ0) is 14.9. The third-order valence-corrected chi connectivity index (χ3v) is 3.15. The number of carboxylic acid groups (broad SMARTS) is 1. The van der Waals surface area contributed by atoms with Crippen molar-refractivity contribution in [2.24, 2.45) is 0 Å². The maximum Gasteiger partial charge on any atom is 0.309 e. The van der Waals surface area contributed by atoms with Crippen LogP contribution in [0.5, 0.6) is 0 Å². The van der Waals surface area contributed by atoms with Crippen LogP contribution in [-0.2, 0) is 11.2 Å². The summed E-state index contributed by atoms with van der Waals surface area (Å²) in [5, 5.41) is 13.1. The summed E-state index contributed by atoms with van der Waals surface area (Å²) in [7, 11) is 0. The number of carbonyl (C=O) groups is 1. The SMILES string of the molecule is Cc1cccc(C)c1-n1nc(CC(=O)O)c(=O)cc1C. The molecule has 5 nitrogen and oxygen atoms in total. The van der Waals surface area contributed by atoms with E-state index in [1.807, 2.05) is 32.0 Å². The molecule has 0 aliphatic carbocycles. The first-order valence-corrected chi connectivity index (χ1v) is 6.28. The second-order valence-corrected chi connectivity index (χ2v) is 4.82. The lowest BCUT2D eigenvalue weighted by Gasteiger charge is -2.15. The summed E-state index contributed by atoms with van der Waals surface area (Å²) in [6, 6.07) is 7.29. The zero-order valence-electron chi connectivity index (χ0n) is 11.7. The Morgan fingerprint density at radius 2 is 1.85 bits per heavy atom. The van der Waals surface area contributed by atoms with E-state index in [4.69, 9.17) is 5.11 Å². The van der Waals surface area contributed by atoms with Crippen molar-refractivity contribution >= 4 is 5.97 Å². The van der Waals surface area contributed by atoms with E-state index in [2.05, 4.69) is 5.10 Å². The molecule has 1 N–H and O–H groups in total. The Kier molecular flexibility index (Phi) is 3.70. The van der Waals surface area contributed by atoms with Crippen LogP contribution in [0.1, 0.15) is 22.5 Å². The van der Waals surface area contributed by atoms with Gasteiger partial charge in [-0.1, -0.05) is 18.2 Å². The molecule has 20 heavy (non-hydrogen) atoms. The van der Waals surface area contributed by atoms with E-state index in [1.165, 1.54) is 6.07 Å². The van der Waals surface area contributed by atoms with E-state index >= 15 is 0 Å². The molecule has 0 fully saturated rings. The molecular weight excluding hydrogens is 256 g/mol. The fourth-order valence-corrected chi connectivity index (χ4v) is 2.21. The average Bonchev–Trinajstić information content (AvgIpc) is 2.33. The van der Waals surface area contributed by atoms with Crippen LogP contribution in [0.4, 0.5) is 0 Å². The van der Waals surface area contributed by atoms with Gasteiger partial charge in [0.05, 0.1) is 12.1 Å². The summed E-state index contributed by atoms with van der Waals surface area (Å²) in [4.78, 5) is 22.6. The molecule has 1 heterocycles. The Morgan fingerprint density at radius 3 is 2.40 bits per heavy atom. The largest absolute Gasteiger partial charge is 0.481 e. The van der Waals surface area contributed by atoms with Gasteiger partial charge in [-0.25, -0.2) is 4.68 Å². The first-order chi connectivity index (χ1) is 9.40. The predicted octanol–water partition coefficient (Wildman–Crippen LogP) is 1.78. The molecular formula is C15H16N2O3. The van der Waals surface area contributed by atoms with Crippen molar-refractivity contribution in [3.05, 3.63) is 57.0 Å². The Hall–Kier alpha value is -2.43. The molecule has 0 spiro atoms. The lowest BCUT2D eigenvalue weighted by atomic mass is 10.1. The van der Waals surface area contributed by atoms with Gasteiger partial charge in [-0.05, 0) is 31.9 Å². The predicted molar refractivity (Wildman–Crippen MR) is 75.4 cm³/mol. The highest BCUT2D eigenvalue weighted by Gasteiger charge is 2.13. The molecule has 0 amide bonds. The number of carboxylic acids is 1. The van der Waals surface area contributed by atoms with Crippen molar-refractivity contribution < 1.29 is 9.90 Å². The van der Waals surface area contributed by atoms with Crippen LogP contribution >= 0.6 is 0 Å². The first kappa shape index (κ1) is 14.0. The average molecular weight is 272 g/mol.